The zero-order chi connectivity index (χ0) is 10.7. The highest BCUT2D eigenvalue weighted by Crippen LogP contribution is 2.25. The molecule has 0 amide bonds. The van der Waals surface area contributed by atoms with Crippen LogP contribution < -0.4 is 0 Å². The summed E-state index contributed by atoms with van der Waals surface area (Å²) in [5.74, 6) is 1.93. The molecule has 2 nitrogen and oxygen atoms in total. The molecule has 0 radical (unpaired) electrons. The number of Topliss-reactive ketones (excluding diaryl/α,β-unsaturated/α-hetero) is 1. The number of hydrogen-bond donors (Lipinski definition) is 0. The first-order chi connectivity index (χ1) is 6.56. The lowest BCUT2D eigenvalue weighted by Crippen LogP contribution is -2.37. The molecule has 2 atom stereocenters. The Hall–Kier alpha value is -0.370. The van der Waals surface area contributed by atoms with Crippen LogP contribution in [-0.4, -0.2) is 29.8 Å². The smallest absolute Gasteiger partial charge is 0.149 e. The van der Waals surface area contributed by atoms with Crippen LogP contribution >= 0.6 is 0 Å². The molecule has 0 aromatic rings. The van der Waals surface area contributed by atoms with Crippen molar-refractivity contribution in [3.8, 4) is 0 Å². The van der Waals surface area contributed by atoms with Crippen LogP contribution in [0.3, 0.4) is 0 Å². The van der Waals surface area contributed by atoms with Crippen LogP contribution in [0.15, 0.2) is 0 Å². The second-order valence-electron chi connectivity index (χ2n) is 4.78. The van der Waals surface area contributed by atoms with Gasteiger partial charge >= 0.3 is 0 Å². The quantitative estimate of drug-likeness (QED) is 0.689. The Kier molecular flexibility index (Phi) is 4.11. The van der Waals surface area contributed by atoms with Crippen molar-refractivity contribution in [3.05, 3.63) is 0 Å². The lowest BCUT2D eigenvalue weighted by molar-refractivity contribution is -0.123. The molecule has 1 fully saturated rings. The number of likely N-dealkylation sites (tertiary alicyclic amines) is 1. The van der Waals surface area contributed by atoms with Crippen molar-refractivity contribution in [1.29, 1.82) is 0 Å². The largest absolute Gasteiger partial charge is 0.298 e. The first-order valence-electron chi connectivity index (χ1n) is 5.83. The second-order valence-corrected chi connectivity index (χ2v) is 4.78. The molecule has 0 saturated carbocycles. The molecule has 82 valence electrons. The number of rotatable bonds is 4. The Labute approximate surface area is 87.7 Å². The van der Waals surface area contributed by atoms with E-state index in [4.69, 9.17) is 0 Å². The number of hydrogen-bond acceptors (Lipinski definition) is 2. The summed E-state index contributed by atoms with van der Waals surface area (Å²) in [5, 5.41) is 0. The van der Waals surface area contributed by atoms with Crippen molar-refractivity contribution in [2.45, 2.75) is 46.6 Å². The summed E-state index contributed by atoms with van der Waals surface area (Å²) < 4.78 is 0. The van der Waals surface area contributed by atoms with E-state index in [0.29, 0.717) is 12.2 Å². The summed E-state index contributed by atoms with van der Waals surface area (Å²) in [6.45, 7) is 10.8. The van der Waals surface area contributed by atoms with Gasteiger partial charge < -0.3 is 0 Å². The van der Waals surface area contributed by atoms with E-state index in [1.165, 1.54) is 6.42 Å². The van der Waals surface area contributed by atoms with Crippen LogP contribution in [0.4, 0.5) is 0 Å². The van der Waals surface area contributed by atoms with Gasteiger partial charge in [0.1, 0.15) is 5.78 Å². The molecule has 0 aromatic heterocycles. The van der Waals surface area contributed by atoms with Gasteiger partial charge in [-0.1, -0.05) is 20.8 Å². The summed E-state index contributed by atoms with van der Waals surface area (Å²) >= 11 is 0. The van der Waals surface area contributed by atoms with Gasteiger partial charge in [-0.3, -0.25) is 9.69 Å². The first-order valence-corrected chi connectivity index (χ1v) is 5.83. The fourth-order valence-electron chi connectivity index (χ4n) is 2.21. The lowest BCUT2D eigenvalue weighted by atomic mass is 9.95. The SMILES string of the molecule is CCC(=O)C(C)N1CCC(C(C)C)C1. The highest BCUT2D eigenvalue weighted by molar-refractivity contribution is 5.83. The standard InChI is InChI=1S/C12H23NO/c1-5-12(14)10(4)13-7-6-11(8-13)9(2)3/h9-11H,5-8H2,1-4H3. The highest BCUT2D eigenvalue weighted by atomic mass is 16.1. The summed E-state index contributed by atoms with van der Waals surface area (Å²) in [4.78, 5) is 13.9. The lowest BCUT2D eigenvalue weighted by Gasteiger charge is -2.23. The molecule has 0 spiro atoms. The van der Waals surface area contributed by atoms with Gasteiger partial charge in [-0.05, 0) is 31.7 Å². The van der Waals surface area contributed by atoms with Gasteiger partial charge in [0.15, 0.2) is 0 Å². The second kappa shape index (κ2) is 4.92. The van der Waals surface area contributed by atoms with Crippen LogP contribution in [-0.2, 0) is 4.79 Å². The highest BCUT2D eigenvalue weighted by Gasteiger charge is 2.29. The molecule has 1 aliphatic heterocycles. The minimum Gasteiger partial charge on any atom is -0.298 e. The van der Waals surface area contributed by atoms with Crippen LogP contribution in [0.5, 0.6) is 0 Å². The zero-order valence-corrected chi connectivity index (χ0v) is 9.92. The van der Waals surface area contributed by atoms with Gasteiger partial charge in [0, 0.05) is 13.0 Å². The number of nitrogens with zero attached hydrogens (tertiary/aromatic N) is 1. The van der Waals surface area contributed by atoms with E-state index >= 15 is 0 Å². The van der Waals surface area contributed by atoms with Gasteiger partial charge in [0.2, 0.25) is 0 Å². The molecule has 0 aromatic carbocycles. The minimum atomic E-state index is 0.142. The topological polar surface area (TPSA) is 20.3 Å². The van der Waals surface area contributed by atoms with E-state index in [1.54, 1.807) is 0 Å². The van der Waals surface area contributed by atoms with Crippen LogP contribution in [0.1, 0.15) is 40.5 Å². The fraction of sp³-hybridized carbons (Fsp3) is 0.917. The monoisotopic (exact) mass is 197 g/mol. The van der Waals surface area contributed by atoms with E-state index < -0.39 is 0 Å². The van der Waals surface area contributed by atoms with Crippen molar-refractivity contribution in [3.63, 3.8) is 0 Å². The molecule has 1 rings (SSSR count). The third-order valence-corrected chi connectivity index (χ3v) is 3.56. The molecule has 1 heterocycles. The molecule has 14 heavy (non-hydrogen) atoms. The zero-order valence-electron chi connectivity index (χ0n) is 9.92. The van der Waals surface area contributed by atoms with E-state index in [0.717, 1.165) is 24.9 Å². The Morgan fingerprint density at radius 2 is 2.07 bits per heavy atom. The molecule has 1 saturated heterocycles. The van der Waals surface area contributed by atoms with Gasteiger partial charge in [-0.2, -0.15) is 0 Å². The van der Waals surface area contributed by atoms with Crippen molar-refractivity contribution >= 4 is 5.78 Å². The van der Waals surface area contributed by atoms with Crippen LogP contribution in [0.2, 0.25) is 0 Å². The Balaban J connectivity index is 2.45. The molecule has 0 bridgehead atoms. The third kappa shape index (κ3) is 2.57. The first kappa shape index (κ1) is 11.7. The Morgan fingerprint density at radius 3 is 2.50 bits per heavy atom. The Bertz CT molecular complexity index is 200. The molecule has 2 heteroatoms. The predicted molar refractivity (Wildman–Crippen MR) is 59.3 cm³/mol. The minimum absolute atomic E-state index is 0.142. The maximum Gasteiger partial charge on any atom is 0.149 e. The summed E-state index contributed by atoms with van der Waals surface area (Å²) in [6.07, 6.45) is 1.93. The van der Waals surface area contributed by atoms with E-state index in [9.17, 15) is 4.79 Å². The van der Waals surface area contributed by atoms with Crippen molar-refractivity contribution < 1.29 is 4.79 Å². The Morgan fingerprint density at radius 1 is 1.43 bits per heavy atom. The third-order valence-electron chi connectivity index (χ3n) is 3.56. The molecule has 2 unspecified atom stereocenters. The average molecular weight is 197 g/mol. The molecule has 0 aliphatic carbocycles. The van der Waals surface area contributed by atoms with E-state index in [-0.39, 0.29) is 6.04 Å². The van der Waals surface area contributed by atoms with Crippen LogP contribution in [0, 0.1) is 11.8 Å². The normalized spacial score (nSPS) is 25.6. The number of carbonyl (C=O) groups is 1. The maximum atomic E-state index is 11.5. The van der Waals surface area contributed by atoms with Gasteiger partial charge in [0.25, 0.3) is 0 Å². The van der Waals surface area contributed by atoms with Crippen molar-refractivity contribution in [1.82, 2.24) is 4.90 Å². The van der Waals surface area contributed by atoms with Crippen molar-refractivity contribution in [2.75, 3.05) is 13.1 Å². The molecular weight excluding hydrogens is 174 g/mol. The summed E-state index contributed by atoms with van der Waals surface area (Å²) in [7, 11) is 0. The molecule has 0 N–H and O–H groups in total. The predicted octanol–water partition coefficient (Wildman–Crippen LogP) is 2.33. The van der Waals surface area contributed by atoms with Gasteiger partial charge in [-0.25, -0.2) is 0 Å². The van der Waals surface area contributed by atoms with E-state index in [2.05, 4.69) is 25.7 Å². The van der Waals surface area contributed by atoms with E-state index in [1.807, 2.05) is 6.92 Å². The van der Waals surface area contributed by atoms with Gasteiger partial charge in [0.05, 0.1) is 6.04 Å². The summed E-state index contributed by atoms with van der Waals surface area (Å²) in [6, 6.07) is 0.142. The van der Waals surface area contributed by atoms with Gasteiger partial charge in [-0.15, -0.1) is 0 Å². The average Bonchev–Trinajstić information content (AvgIpc) is 2.64. The summed E-state index contributed by atoms with van der Waals surface area (Å²) in [5.41, 5.74) is 0. The van der Waals surface area contributed by atoms with Crippen molar-refractivity contribution in [2.24, 2.45) is 11.8 Å². The maximum absolute atomic E-state index is 11.5. The molecule has 1 aliphatic rings. The number of carbonyl (C=O) groups excluding carboxylic acids is 1. The molecular formula is C12H23NO. The van der Waals surface area contributed by atoms with Crippen LogP contribution in [0.25, 0.3) is 0 Å². The number of ketones is 1. The fourth-order valence-corrected chi connectivity index (χ4v) is 2.21.